The van der Waals surface area contributed by atoms with Gasteiger partial charge >= 0.3 is 0 Å². The Hall–Kier alpha value is -2.82. The number of hydrogen-bond acceptors (Lipinski definition) is 3. The van der Waals surface area contributed by atoms with Crippen molar-refractivity contribution in [2.75, 3.05) is 31.1 Å². The van der Waals surface area contributed by atoms with E-state index in [4.69, 9.17) is 0 Å². The van der Waals surface area contributed by atoms with Gasteiger partial charge in [-0.15, -0.1) is 0 Å². The van der Waals surface area contributed by atoms with Crippen LogP contribution in [0.15, 0.2) is 42.7 Å². The van der Waals surface area contributed by atoms with E-state index in [2.05, 4.69) is 48.9 Å². The fourth-order valence-electron chi connectivity index (χ4n) is 3.76. The van der Waals surface area contributed by atoms with Crippen LogP contribution in [0.25, 0.3) is 5.65 Å². The molecule has 4 rings (SSSR count). The molecule has 1 fully saturated rings. The highest BCUT2D eigenvalue weighted by Crippen LogP contribution is 2.24. The van der Waals surface area contributed by atoms with Crippen LogP contribution in [0.5, 0.6) is 0 Å². The average Bonchev–Trinajstić information content (AvgIpc) is 3.05. The van der Waals surface area contributed by atoms with Gasteiger partial charge in [0.25, 0.3) is 0 Å². The van der Waals surface area contributed by atoms with Gasteiger partial charge in [-0.3, -0.25) is 4.79 Å². The van der Waals surface area contributed by atoms with Crippen molar-refractivity contribution < 1.29 is 4.79 Å². The topological polar surface area (TPSA) is 40.9 Å². The van der Waals surface area contributed by atoms with Gasteiger partial charge in [0.15, 0.2) is 0 Å². The Morgan fingerprint density at radius 3 is 2.63 bits per heavy atom. The van der Waals surface area contributed by atoms with E-state index in [1.807, 2.05) is 33.8 Å². The van der Waals surface area contributed by atoms with Crippen molar-refractivity contribution in [2.45, 2.75) is 27.2 Å². The van der Waals surface area contributed by atoms with Crippen LogP contribution in [0.3, 0.4) is 0 Å². The van der Waals surface area contributed by atoms with Crippen LogP contribution < -0.4 is 4.90 Å². The molecule has 27 heavy (non-hydrogen) atoms. The highest BCUT2D eigenvalue weighted by molar-refractivity contribution is 5.79. The lowest BCUT2D eigenvalue weighted by atomic mass is 10.1. The molecule has 3 heterocycles. The largest absolute Gasteiger partial charge is 0.368 e. The predicted octanol–water partition coefficient (Wildman–Crippen LogP) is 3.15. The maximum atomic E-state index is 12.7. The molecule has 5 heteroatoms. The van der Waals surface area contributed by atoms with Crippen molar-refractivity contribution in [1.82, 2.24) is 14.3 Å². The molecule has 0 atom stereocenters. The number of aryl methyl sites for hydroxylation is 2. The van der Waals surface area contributed by atoms with Crippen LogP contribution >= 0.6 is 0 Å². The van der Waals surface area contributed by atoms with Crippen molar-refractivity contribution in [3.63, 3.8) is 0 Å². The molecule has 5 nitrogen and oxygen atoms in total. The van der Waals surface area contributed by atoms with E-state index in [1.54, 1.807) is 0 Å². The first kappa shape index (κ1) is 17.6. The first-order valence-electron chi connectivity index (χ1n) is 9.54. The van der Waals surface area contributed by atoms with Gasteiger partial charge in [0.05, 0.1) is 12.1 Å². The molecule has 1 amide bonds. The second-order valence-corrected chi connectivity index (χ2v) is 7.47. The maximum Gasteiger partial charge on any atom is 0.228 e. The third kappa shape index (κ3) is 3.54. The fraction of sp³-hybridized carbons (Fsp3) is 0.364. The van der Waals surface area contributed by atoms with Crippen LogP contribution in [0.2, 0.25) is 0 Å². The zero-order valence-electron chi connectivity index (χ0n) is 16.3. The van der Waals surface area contributed by atoms with Gasteiger partial charge in [-0.1, -0.05) is 12.1 Å². The molecule has 0 saturated carbocycles. The van der Waals surface area contributed by atoms with E-state index in [9.17, 15) is 4.79 Å². The number of imidazole rings is 1. The number of amides is 1. The molecule has 140 valence electrons. The Bertz CT molecular complexity index is 983. The van der Waals surface area contributed by atoms with Gasteiger partial charge in [-0.05, 0) is 55.7 Å². The zero-order chi connectivity index (χ0) is 19.0. The Labute approximate surface area is 160 Å². The molecule has 0 unspecified atom stereocenters. The lowest BCUT2D eigenvalue weighted by molar-refractivity contribution is -0.130. The minimum Gasteiger partial charge on any atom is -0.368 e. The third-order valence-electron chi connectivity index (χ3n) is 5.55. The monoisotopic (exact) mass is 362 g/mol. The lowest BCUT2D eigenvalue weighted by Gasteiger charge is -2.37. The number of hydrogen-bond donors (Lipinski definition) is 0. The number of fused-ring (bicyclic) bond motifs is 1. The molecule has 1 aliphatic rings. The molecular weight excluding hydrogens is 336 g/mol. The summed E-state index contributed by atoms with van der Waals surface area (Å²) in [6.07, 6.45) is 4.32. The number of pyridine rings is 1. The van der Waals surface area contributed by atoms with E-state index in [0.717, 1.165) is 37.5 Å². The summed E-state index contributed by atoms with van der Waals surface area (Å²) in [6, 6.07) is 10.5. The highest BCUT2D eigenvalue weighted by atomic mass is 16.2. The number of rotatable bonds is 3. The molecule has 1 saturated heterocycles. The van der Waals surface area contributed by atoms with Gasteiger partial charge in [-0.2, -0.15) is 0 Å². The van der Waals surface area contributed by atoms with Crippen LogP contribution in [-0.2, 0) is 11.2 Å². The summed E-state index contributed by atoms with van der Waals surface area (Å²) in [5, 5.41) is 0. The van der Waals surface area contributed by atoms with E-state index in [-0.39, 0.29) is 5.91 Å². The Balaban J connectivity index is 1.40. The first-order chi connectivity index (χ1) is 13.0. The summed E-state index contributed by atoms with van der Waals surface area (Å²) in [5.74, 6) is 0.163. The molecule has 0 N–H and O–H groups in total. The van der Waals surface area contributed by atoms with Gasteiger partial charge < -0.3 is 14.2 Å². The molecular formula is C22H26N4O. The third-order valence-corrected chi connectivity index (χ3v) is 5.55. The van der Waals surface area contributed by atoms with Crippen LogP contribution in [0.1, 0.15) is 22.4 Å². The number of carbonyl (C=O) groups is 1. The number of nitrogens with zero attached hydrogens (tertiary/aromatic N) is 4. The van der Waals surface area contributed by atoms with Crippen molar-refractivity contribution in [1.29, 1.82) is 0 Å². The zero-order valence-corrected chi connectivity index (χ0v) is 16.3. The second kappa shape index (κ2) is 7.06. The van der Waals surface area contributed by atoms with Crippen LogP contribution in [-0.4, -0.2) is 46.4 Å². The number of anilines is 1. The number of carbonyl (C=O) groups excluding carboxylic acids is 1. The predicted molar refractivity (Wildman–Crippen MR) is 108 cm³/mol. The van der Waals surface area contributed by atoms with Gasteiger partial charge in [0.1, 0.15) is 5.65 Å². The number of piperazine rings is 1. The normalized spacial score (nSPS) is 14.8. The average molecular weight is 362 g/mol. The van der Waals surface area contributed by atoms with E-state index >= 15 is 0 Å². The second-order valence-electron chi connectivity index (χ2n) is 7.47. The molecule has 0 bridgehead atoms. The van der Waals surface area contributed by atoms with E-state index < -0.39 is 0 Å². The van der Waals surface area contributed by atoms with Crippen molar-refractivity contribution >= 4 is 17.2 Å². The molecule has 0 spiro atoms. The SMILES string of the molecule is Cc1ccn2cc(CC(=O)N3CCN(c4cccc(C)c4C)CC3)nc2c1. The Morgan fingerprint density at radius 1 is 1.07 bits per heavy atom. The summed E-state index contributed by atoms with van der Waals surface area (Å²) in [4.78, 5) is 21.7. The van der Waals surface area contributed by atoms with Crippen molar-refractivity contribution in [2.24, 2.45) is 0 Å². The summed E-state index contributed by atoms with van der Waals surface area (Å²) >= 11 is 0. The molecule has 3 aromatic rings. The highest BCUT2D eigenvalue weighted by Gasteiger charge is 2.23. The minimum atomic E-state index is 0.163. The summed E-state index contributed by atoms with van der Waals surface area (Å²) in [7, 11) is 0. The summed E-state index contributed by atoms with van der Waals surface area (Å²) in [5.41, 5.74) is 6.84. The van der Waals surface area contributed by atoms with Crippen LogP contribution in [0.4, 0.5) is 5.69 Å². The Kier molecular flexibility index (Phi) is 4.60. The van der Waals surface area contributed by atoms with Crippen molar-refractivity contribution in [3.05, 3.63) is 65.1 Å². The standard InChI is InChI=1S/C22H26N4O/c1-16-7-8-26-15-19(23-21(26)13-16)14-22(27)25-11-9-24(10-12-25)20-6-4-5-17(2)18(20)3/h4-8,13,15H,9-12,14H2,1-3H3. The van der Waals surface area contributed by atoms with E-state index in [0.29, 0.717) is 6.42 Å². The maximum absolute atomic E-state index is 12.7. The van der Waals surface area contributed by atoms with Crippen LogP contribution in [0, 0.1) is 20.8 Å². The lowest BCUT2D eigenvalue weighted by Crippen LogP contribution is -2.49. The molecule has 0 aliphatic carbocycles. The number of aromatic nitrogens is 2. The summed E-state index contributed by atoms with van der Waals surface area (Å²) in [6.45, 7) is 9.65. The quantitative estimate of drug-likeness (QED) is 0.719. The molecule has 2 aromatic heterocycles. The summed E-state index contributed by atoms with van der Waals surface area (Å²) < 4.78 is 1.98. The molecule has 0 radical (unpaired) electrons. The van der Waals surface area contributed by atoms with Gasteiger partial charge in [0, 0.05) is 44.3 Å². The van der Waals surface area contributed by atoms with Gasteiger partial charge in [-0.25, -0.2) is 4.98 Å². The van der Waals surface area contributed by atoms with E-state index in [1.165, 1.54) is 22.4 Å². The first-order valence-corrected chi connectivity index (χ1v) is 9.54. The smallest absolute Gasteiger partial charge is 0.228 e. The van der Waals surface area contributed by atoms with Crippen molar-refractivity contribution in [3.8, 4) is 0 Å². The fourth-order valence-corrected chi connectivity index (χ4v) is 3.76. The number of benzene rings is 1. The minimum absolute atomic E-state index is 0.163. The molecule has 1 aromatic carbocycles. The Morgan fingerprint density at radius 2 is 1.85 bits per heavy atom. The van der Waals surface area contributed by atoms with Gasteiger partial charge in [0.2, 0.25) is 5.91 Å². The molecule has 1 aliphatic heterocycles.